The van der Waals surface area contributed by atoms with Gasteiger partial charge in [-0.05, 0) is 0 Å². The summed E-state index contributed by atoms with van der Waals surface area (Å²) in [6, 6.07) is 0. The number of ether oxygens (including phenoxy) is 1. The van der Waals surface area contributed by atoms with Gasteiger partial charge in [0.25, 0.3) is 0 Å². The Morgan fingerprint density at radius 3 is 2.62 bits per heavy atom. The number of rotatable bonds is 1. The number of carbonyl (C=O) groups excluding carboxylic acids is 1. The summed E-state index contributed by atoms with van der Waals surface area (Å²) in [5.41, 5.74) is -0.440. The second-order valence-electron chi connectivity index (χ2n) is 3.53. The van der Waals surface area contributed by atoms with E-state index in [1.54, 1.807) is 6.20 Å². The van der Waals surface area contributed by atoms with Gasteiger partial charge in [-0.15, -0.1) is 0 Å². The summed E-state index contributed by atoms with van der Waals surface area (Å²) >= 11 is 2.67. The van der Waals surface area contributed by atoms with Crippen LogP contribution >= 0.6 is 11.3 Å². The number of thiazole rings is 1. The van der Waals surface area contributed by atoms with Crippen molar-refractivity contribution < 1.29 is 9.53 Å². The predicted octanol–water partition coefficient (Wildman–Crippen LogP) is 0.892. The molecule has 0 unspecified atom stereocenters. The third-order valence-electron chi connectivity index (χ3n) is 1.08. The molecule has 0 saturated carbocycles. The molecule has 5 heteroatoms. The quantitative estimate of drug-likeness (QED) is 0.571. The van der Waals surface area contributed by atoms with E-state index in [9.17, 15) is 4.79 Å². The summed E-state index contributed by atoms with van der Waals surface area (Å²) in [5.74, 6) is -0.328. The molecule has 0 aliphatic carbocycles. The van der Waals surface area contributed by atoms with Crippen molar-refractivity contribution in [3.63, 3.8) is 0 Å². The van der Waals surface area contributed by atoms with Gasteiger partial charge in [0.05, 0.1) is 0 Å². The number of aromatic nitrogens is 1. The van der Waals surface area contributed by atoms with Crippen molar-refractivity contribution in [3.05, 3.63) is 11.2 Å². The van der Waals surface area contributed by atoms with Gasteiger partial charge in [0.2, 0.25) is 0 Å². The molecule has 0 fully saturated rings. The van der Waals surface area contributed by atoms with Crippen LogP contribution in [0.3, 0.4) is 0 Å². The van der Waals surface area contributed by atoms with Crippen molar-refractivity contribution >= 4 is 42.7 Å². The molecule has 69 valence electrons. The second-order valence-corrected chi connectivity index (χ2v) is 7.13. The van der Waals surface area contributed by atoms with Crippen LogP contribution in [0.25, 0.3) is 0 Å². The SMILES string of the molecule is CC(C)(C)OC(=O)c1nc[c]([Sn])s1. The van der Waals surface area contributed by atoms with Crippen LogP contribution in [-0.2, 0) is 4.74 Å². The van der Waals surface area contributed by atoms with Gasteiger partial charge in [0, 0.05) is 0 Å². The fraction of sp³-hybridized carbons (Fsp3) is 0.500. The number of hydrogen-bond acceptors (Lipinski definition) is 4. The van der Waals surface area contributed by atoms with Crippen LogP contribution in [0.15, 0.2) is 6.20 Å². The predicted molar refractivity (Wildman–Crippen MR) is 52.7 cm³/mol. The molecule has 0 aromatic carbocycles. The van der Waals surface area contributed by atoms with Crippen LogP contribution in [0.2, 0.25) is 0 Å². The standard InChI is InChI=1S/C8H10NO2S.Sn/c1-8(2,3)11-7(10)6-9-4-5-12-6;/h4H,1-3H3;. The Labute approximate surface area is 94.6 Å². The van der Waals surface area contributed by atoms with E-state index in [-0.39, 0.29) is 5.97 Å². The molecular weight excluding hydrogens is 293 g/mol. The Kier molecular flexibility index (Phi) is 3.34. The normalized spacial score (nSPS) is 11.4. The number of nitrogens with zero attached hydrogens (tertiary/aromatic N) is 1. The van der Waals surface area contributed by atoms with E-state index in [0.29, 0.717) is 5.01 Å². The van der Waals surface area contributed by atoms with Crippen molar-refractivity contribution in [2.75, 3.05) is 0 Å². The van der Waals surface area contributed by atoms with Crippen molar-refractivity contribution in [3.8, 4) is 0 Å². The maximum atomic E-state index is 11.4. The number of esters is 1. The summed E-state index contributed by atoms with van der Waals surface area (Å²) in [7, 11) is 0. The summed E-state index contributed by atoms with van der Waals surface area (Å²) in [5, 5.41) is 0.446. The van der Waals surface area contributed by atoms with Crippen LogP contribution in [0, 0.1) is 0 Å². The van der Waals surface area contributed by atoms with Gasteiger partial charge in [-0.2, -0.15) is 0 Å². The fourth-order valence-electron chi connectivity index (χ4n) is 0.690. The average Bonchev–Trinajstić information content (AvgIpc) is 2.31. The van der Waals surface area contributed by atoms with Gasteiger partial charge in [0.15, 0.2) is 0 Å². The van der Waals surface area contributed by atoms with Gasteiger partial charge in [-0.3, -0.25) is 0 Å². The molecule has 0 aliphatic heterocycles. The zero-order chi connectivity index (χ0) is 10.1. The Balaban J connectivity index is 2.70. The molecular formula is C8H10NO2SSn. The number of carbonyl (C=O) groups is 1. The fourth-order valence-corrected chi connectivity index (χ4v) is 2.25. The number of hydrogen-bond donors (Lipinski definition) is 0. The molecule has 1 rings (SSSR count). The third kappa shape index (κ3) is 3.64. The van der Waals surface area contributed by atoms with E-state index in [1.807, 2.05) is 20.8 Å². The summed E-state index contributed by atoms with van der Waals surface area (Å²) in [6.07, 6.45) is 1.71. The van der Waals surface area contributed by atoms with Crippen LogP contribution in [0.5, 0.6) is 0 Å². The molecule has 0 bridgehead atoms. The Morgan fingerprint density at radius 2 is 2.23 bits per heavy atom. The van der Waals surface area contributed by atoms with Crippen molar-refractivity contribution in [1.29, 1.82) is 0 Å². The van der Waals surface area contributed by atoms with Gasteiger partial charge in [-0.1, -0.05) is 0 Å². The van der Waals surface area contributed by atoms with Gasteiger partial charge >= 0.3 is 94.8 Å². The minimum absolute atomic E-state index is 0.328. The van der Waals surface area contributed by atoms with Crippen molar-refractivity contribution in [2.24, 2.45) is 0 Å². The monoisotopic (exact) mass is 304 g/mol. The van der Waals surface area contributed by atoms with Crippen LogP contribution in [-0.4, -0.2) is 39.1 Å². The van der Waals surface area contributed by atoms with Crippen molar-refractivity contribution in [1.82, 2.24) is 4.98 Å². The van der Waals surface area contributed by atoms with Crippen LogP contribution in [0.4, 0.5) is 0 Å². The van der Waals surface area contributed by atoms with E-state index in [0.717, 1.165) is 2.89 Å². The molecule has 0 atom stereocenters. The molecule has 0 aliphatic rings. The van der Waals surface area contributed by atoms with E-state index in [4.69, 9.17) is 4.74 Å². The van der Waals surface area contributed by atoms with Crippen LogP contribution in [0.1, 0.15) is 30.6 Å². The average molecular weight is 303 g/mol. The zero-order valence-corrected chi connectivity index (χ0v) is 11.4. The first-order valence-electron chi connectivity index (χ1n) is 3.79. The maximum absolute atomic E-state index is 11.4. The topological polar surface area (TPSA) is 39.2 Å². The molecule has 0 amide bonds. The molecule has 3 radical (unpaired) electrons. The van der Waals surface area contributed by atoms with Gasteiger partial charge in [0.1, 0.15) is 0 Å². The molecule has 3 nitrogen and oxygen atoms in total. The molecule has 1 heterocycles. The second kappa shape index (κ2) is 3.96. The van der Waals surface area contributed by atoms with Crippen molar-refractivity contribution in [2.45, 2.75) is 26.4 Å². The molecule has 1 aromatic rings. The van der Waals surface area contributed by atoms with Gasteiger partial charge in [-0.25, -0.2) is 0 Å². The third-order valence-corrected chi connectivity index (χ3v) is 3.11. The minimum atomic E-state index is -0.440. The summed E-state index contributed by atoms with van der Waals surface area (Å²) in [6.45, 7) is 5.53. The van der Waals surface area contributed by atoms with E-state index in [1.165, 1.54) is 33.9 Å². The molecule has 13 heavy (non-hydrogen) atoms. The first-order chi connectivity index (χ1) is 5.88. The molecule has 1 aromatic heterocycles. The summed E-state index contributed by atoms with van der Waals surface area (Å²) < 4.78 is 6.26. The Morgan fingerprint density at radius 1 is 1.62 bits per heavy atom. The first-order valence-corrected chi connectivity index (χ1v) is 6.03. The zero-order valence-electron chi connectivity index (χ0n) is 7.75. The molecule has 0 N–H and O–H groups in total. The molecule has 0 saturated heterocycles. The summed E-state index contributed by atoms with van der Waals surface area (Å²) in [4.78, 5) is 15.4. The Hall–Kier alpha value is -0.101. The first kappa shape index (κ1) is 11.0. The van der Waals surface area contributed by atoms with E-state index >= 15 is 0 Å². The van der Waals surface area contributed by atoms with Crippen LogP contribution < -0.4 is 2.89 Å². The van der Waals surface area contributed by atoms with E-state index < -0.39 is 5.60 Å². The van der Waals surface area contributed by atoms with E-state index in [2.05, 4.69) is 4.98 Å². The van der Waals surface area contributed by atoms with Gasteiger partial charge < -0.3 is 0 Å². The Bertz CT molecular complexity index is 316. The molecule has 0 spiro atoms.